The maximum atomic E-state index is 12.8. The lowest BCUT2D eigenvalue weighted by atomic mass is 9.94. The summed E-state index contributed by atoms with van der Waals surface area (Å²) in [6.07, 6.45) is 2.93. The zero-order valence-corrected chi connectivity index (χ0v) is 16.3. The number of hydrogen-bond acceptors (Lipinski definition) is 4. The highest BCUT2D eigenvalue weighted by molar-refractivity contribution is 6.25. The van der Waals surface area contributed by atoms with Gasteiger partial charge in [0.25, 0.3) is 11.8 Å². The predicted octanol–water partition coefficient (Wildman–Crippen LogP) is 2.49. The number of carbonyl (C=O) groups is 3. The quantitative estimate of drug-likeness (QED) is 0.697. The highest BCUT2D eigenvalue weighted by Gasteiger charge is 2.33. The van der Waals surface area contributed by atoms with E-state index in [0.717, 1.165) is 23.6 Å². The summed E-state index contributed by atoms with van der Waals surface area (Å²) < 4.78 is 0. The summed E-state index contributed by atoms with van der Waals surface area (Å²) >= 11 is 0. The van der Waals surface area contributed by atoms with Gasteiger partial charge in [-0.25, -0.2) is 0 Å². The van der Waals surface area contributed by atoms with Crippen molar-refractivity contribution in [1.82, 2.24) is 10.2 Å². The lowest BCUT2D eigenvalue weighted by molar-refractivity contribution is -0.122. The number of carbonyl (C=O) groups excluding carboxylic acids is 3. The van der Waals surface area contributed by atoms with E-state index in [1.54, 1.807) is 12.1 Å². The Morgan fingerprint density at radius 3 is 2.25 bits per heavy atom. The molecule has 4 rings (SSSR count). The van der Waals surface area contributed by atoms with Crippen LogP contribution in [0.5, 0.6) is 0 Å². The first-order valence-electron chi connectivity index (χ1n) is 9.47. The van der Waals surface area contributed by atoms with Crippen LogP contribution < -0.4 is 11.1 Å². The Kier molecular flexibility index (Phi) is 6.01. The van der Waals surface area contributed by atoms with Gasteiger partial charge in [-0.15, -0.1) is 12.4 Å². The summed E-state index contributed by atoms with van der Waals surface area (Å²) in [5, 5.41) is 4.58. The topological polar surface area (TPSA) is 92.5 Å². The number of benzene rings is 2. The number of imide groups is 1. The molecule has 1 aliphatic carbocycles. The molecule has 0 bridgehead atoms. The van der Waals surface area contributed by atoms with Crippen LogP contribution in [0.25, 0.3) is 10.8 Å². The second-order valence-corrected chi connectivity index (χ2v) is 7.32. The van der Waals surface area contributed by atoms with Gasteiger partial charge in [-0.1, -0.05) is 24.3 Å². The zero-order chi connectivity index (χ0) is 19.0. The first-order chi connectivity index (χ1) is 13.1. The fraction of sp³-hybridized carbons (Fsp3) is 0.381. The normalized spacial score (nSPS) is 16.7. The Hall–Kier alpha value is -2.44. The van der Waals surface area contributed by atoms with Gasteiger partial charge in [0.05, 0.1) is 0 Å². The van der Waals surface area contributed by atoms with Crippen molar-refractivity contribution < 1.29 is 14.4 Å². The molecular weight excluding hydrogens is 378 g/mol. The van der Waals surface area contributed by atoms with E-state index in [-0.39, 0.29) is 49.1 Å². The van der Waals surface area contributed by atoms with Crippen molar-refractivity contribution in [2.24, 2.45) is 11.7 Å². The molecule has 0 radical (unpaired) electrons. The summed E-state index contributed by atoms with van der Waals surface area (Å²) in [5.41, 5.74) is 6.80. The van der Waals surface area contributed by atoms with E-state index >= 15 is 0 Å². The van der Waals surface area contributed by atoms with Gasteiger partial charge in [-0.2, -0.15) is 0 Å². The highest BCUT2D eigenvalue weighted by atomic mass is 35.5. The monoisotopic (exact) mass is 401 g/mol. The van der Waals surface area contributed by atoms with E-state index < -0.39 is 0 Å². The Morgan fingerprint density at radius 2 is 1.71 bits per heavy atom. The summed E-state index contributed by atoms with van der Waals surface area (Å²) in [7, 11) is 0. The van der Waals surface area contributed by atoms with Crippen LogP contribution in [0, 0.1) is 5.92 Å². The number of nitrogens with zero attached hydrogens (tertiary/aromatic N) is 1. The second-order valence-electron chi connectivity index (χ2n) is 7.32. The second kappa shape index (κ2) is 8.29. The van der Waals surface area contributed by atoms with Crippen molar-refractivity contribution in [3.05, 3.63) is 47.5 Å². The molecule has 1 atom stereocenters. The largest absolute Gasteiger partial charge is 0.352 e. The van der Waals surface area contributed by atoms with Gasteiger partial charge in [-0.3, -0.25) is 19.3 Å². The molecule has 0 aromatic heterocycles. The Bertz CT molecular complexity index is 876. The third-order valence-corrected chi connectivity index (χ3v) is 5.43. The molecule has 0 saturated heterocycles. The van der Waals surface area contributed by atoms with Gasteiger partial charge >= 0.3 is 0 Å². The third-order valence-electron chi connectivity index (χ3n) is 5.43. The van der Waals surface area contributed by atoms with Crippen LogP contribution in [0.1, 0.15) is 46.4 Å². The first kappa shape index (κ1) is 20.3. The van der Waals surface area contributed by atoms with Crippen molar-refractivity contribution in [2.45, 2.75) is 31.7 Å². The molecular formula is C21H24ClN3O3. The summed E-state index contributed by atoms with van der Waals surface area (Å²) in [6.45, 7) is 0.673. The average molecular weight is 402 g/mol. The smallest absolute Gasteiger partial charge is 0.261 e. The molecule has 28 heavy (non-hydrogen) atoms. The van der Waals surface area contributed by atoms with Gasteiger partial charge in [0, 0.05) is 42.1 Å². The number of halogens is 1. The van der Waals surface area contributed by atoms with E-state index in [1.807, 2.05) is 24.3 Å². The molecule has 1 fully saturated rings. The lowest BCUT2D eigenvalue weighted by Crippen LogP contribution is -2.43. The Morgan fingerprint density at radius 1 is 1.11 bits per heavy atom. The van der Waals surface area contributed by atoms with E-state index in [2.05, 4.69) is 5.32 Å². The number of rotatable bonds is 7. The van der Waals surface area contributed by atoms with Crippen molar-refractivity contribution in [3.8, 4) is 0 Å². The Balaban J connectivity index is 0.00000225. The maximum absolute atomic E-state index is 12.8. The minimum absolute atomic E-state index is 0. The van der Waals surface area contributed by atoms with Crippen molar-refractivity contribution in [3.63, 3.8) is 0 Å². The van der Waals surface area contributed by atoms with Crippen LogP contribution in [-0.2, 0) is 4.79 Å². The van der Waals surface area contributed by atoms with Gasteiger partial charge in [0.15, 0.2) is 0 Å². The third kappa shape index (κ3) is 3.75. The minimum Gasteiger partial charge on any atom is -0.352 e. The van der Waals surface area contributed by atoms with Crippen molar-refractivity contribution in [2.75, 3.05) is 13.1 Å². The molecule has 2 aromatic rings. The predicted molar refractivity (Wildman–Crippen MR) is 110 cm³/mol. The average Bonchev–Trinajstić information content (AvgIpc) is 3.52. The van der Waals surface area contributed by atoms with Gasteiger partial charge in [0.1, 0.15) is 0 Å². The SMILES string of the molecule is Cl.NCC(NC(=O)CCCN1C(=O)c2cccc3cccc(c23)C1=O)C1CC1. The van der Waals surface area contributed by atoms with Crippen molar-refractivity contribution in [1.29, 1.82) is 0 Å². The molecule has 3 amide bonds. The van der Waals surface area contributed by atoms with Crippen LogP contribution in [0.3, 0.4) is 0 Å². The number of hydrogen-bond donors (Lipinski definition) is 2. The van der Waals surface area contributed by atoms with E-state index in [9.17, 15) is 14.4 Å². The summed E-state index contributed by atoms with van der Waals surface area (Å²) in [6, 6.07) is 11.0. The summed E-state index contributed by atoms with van der Waals surface area (Å²) in [4.78, 5) is 39.0. The molecule has 2 aliphatic rings. The fourth-order valence-electron chi connectivity index (χ4n) is 3.83. The number of nitrogens with one attached hydrogen (secondary N) is 1. The van der Waals surface area contributed by atoms with Crippen LogP contribution in [0.2, 0.25) is 0 Å². The van der Waals surface area contributed by atoms with Gasteiger partial charge < -0.3 is 11.1 Å². The molecule has 6 nitrogen and oxygen atoms in total. The molecule has 1 saturated carbocycles. The zero-order valence-electron chi connectivity index (χ0n) is 15.5. The van der Waals surface area contributed by atoms with E-state index in [4.69, 9.17) is 5.73 Å². The van der Waals surface area contributed by atoms with Crippen LogP contribution >= 0.6 is 12.4 Å². The molecule has 2 aromatic carbocycles. The highest BCUT2D eigenvalue weighted by Crippen LogP contribution is 2.32. The number of nitrogens with two attached hydrogens (primary N) is 1. The Labute approximate surface area is 169 Å². The molecule has 148 valence electrons. The first-order valence-corrected chi connectivity index (χ1v) is 9.47. The molecule has 1 heterocycles. The molecule has 1 unspecified atom stereocenters. The van der Waals surface area contributed by atoms with Gasteiger partial charge in [-0.05, 0) is 42.7 Å². The lowest BCUT2D eigenvalue weighted by Gasteiger charge is -2.27. The standard InChI is InChI=1S/C21H23N3O3.ClH/c22-12-17(13-9-10-13)23-18(25)8-3-11-24-20(26)15-6-1-4-14-5-2-7-16(19(14)15)21(24)27;/h1-2,4-7,13,17H,3,8-12,22H2,(H,23,25);1H. The van der Waals surface area contributed by atoms with E-state index in [1.165, 1.54) is 4.90 Å². The maximum Gasteiger partial charge on any atom is 0.261 e. The van der Waals surface area contributed by atoms with Crippen LogP contribution in [-0.4, -0.2) is 41.8 Å². The van der Waals surface area contributed by atoms with Crippen molar-refractivity contribution >= 4 is 40.9 Å². The van der Waals surface area contributed by atoms with Crippen LogP contribution in [0.15, 0.2) is 36.4 Å². The molecule has 1 aliphatic heterocycles. The van der Waals surface area contributed by atoms with E-state index in [0.29, 0.717) is 30.0 Å². The molecule has 3 N–H and O–H groups in total. The molecule has 0 spiro atoms. The summed E-state index contributed by atoms with van der Waals surface area (Å²) in [5.74, 6) is -0.150. The van der Waals surface area contributed by atoms with Crippen LogP contribution in [0.4, 0.5) is 0 Å². The fourth-order valence-corrected chi connectivity index (χ4v) is 3.83. The minimum atomic E-state index is -0.289. The number of amides is 3. The molecule has 7 heteroatoms. The van der Waals surface area contributed by atoms with Gasteiger partial charge in [0.2, 0.25) is 5.91 Å².